The van der Waals surface area contributed by atoms with E-state index in [1.807, 2.05) is 12.1 Å². The molecule has 3 heterocycles. The van der Waals surface area contributed by atoms with E-state index in [9.17, 15) is 14.4 Å². The van der Waals surface area contributed by atoms with E-state index in [-0.39, 0.29) is 11.1 Å². The van der Waals surface area contributed by atoms with Gasteiger partial charge in [0.1, 0.15) is 12.0 Å². The zero-order valence-electron chi connectivity index (χ0n) is 14.5. The molecule has 1 fully saturated rings. The van der Waals surface area contributed by atoms with Gasteiger partial charge in [-0.05, 0) is 29.1 Å². The predicted molar refractivity (Wildman–Crippen MR) is 102 cm³/mol. The number of aliphatic imine (C=N–C) groups is 2. The maximum atomic E-state index is 11.6. The zero-order valence-corrected chi connectivity index (χ0v) is 16.1. The van der Waals surface area contributed by atoms with E-state index in [1.165, 1.54) is 35.0 Å². The van der Waals surface area contributed by atoms with E-state index in [0.717, 1.165) is 9.75 Å². The second-order valence-corrected chi connectivity index (χ2v) is 8.79. The van der Waals surface area contributed by atoms with Gasteiger partial charge in [0.15, 0.2) is 0 Å². The fourth-order valence-corrected chi connectivity index (χ4v) is 5.10. The van der Waals surface area contributed by atoms with Crippen molar-refractivity contribution in [1.82, 2.24) is 10.3 Å². The average Bonchev–Trinajstić information content (AvgIpc) is 3.24. The van der Waals surface area contributed by atoms with Crippen molar-refractivity contribution in [3.05, 3.63) is 27.3 Å². The number of nitrogens with zero attached hydrogens (tertiary/aromatic N) is 3. The minimum Gasteiger partial charge on any atom is -0.356 e. The van der Waals surface area contributed by atoms with E-state index < -0.39 is 22.5 Å². The van der Waals surface area contributed by atoms with Crippen LogP contribution in [0.25, 0.3) is 5.70 Å². The van der Waals surface area contributed by atoms with Crippen LogP contribution in [0.1, 0.15) is 16.7 Å². The van der Waals surface area contributed by atoms with Gasteiger partial charge >= 0.3 is 11.9 Å². The maximum Gasteiger partial charge on any atom is 0.442 e. The topological polar surface area (TPSA) is 136 Å². The molecule has 1 spiro atoms. The number of amides is 1. The lowest BCUT2D eigenvalue weighted by atomic mass is 10.3. The third-order valence-electron chi connectivity index (χ3n) is 3.31. The Morgan fingerprint density at radius 2 is 2.11 bits per heavy atom. The van der Waals surface area contributed by atoms with Gasteiger partial charge in [-0.2, -0.15) is 0 Å². The van der Waals surface area contributed by atoms with Gasteiger partial charge in [0, 0.05) is 25.4 Å². The van der Waals surface area contributed by atoms with Crippen LogP contribution in [0.5, 0.6) is 0 Å². The normalized spacial score (nSPS) is 18.9. The molecule has 10 nitrogen and oxygen atoms in total. The highest BCUT2D eigenvalue weighted by atomic mass is 32.3. The summed E-state index contributed by atoms with van der Waals surface area (Å²) >= 11 is 1.47. The number of nitrogens with two attached hydrogens (primary N) is 1. The summed E-state index contributed by atoms with van der Waals surface area (Å²) in [5, 5.41) is 5.52. The average molecular weight is 411 g/mol. The van der Waals surface area contributed by atoms with Crippen molar-refractivity contribution in [2.75, 3.05) is 13.6 Å². The van der Waals surface area contributed by atoms with Gasteiger partial charge in [-0.1, -0.05) is 0 Å². The molecule has 2 aliphatic rings. The van der Waals surface area contributed by atoms with Crippen LogP contribution < -0.4 is 11.2 Å². The van der Waals surface area contributed by atoms with Crippen molar-refractivity contribution in [2.45, 2.75) is 13.3 Å². The number of hydrogen-bond donors (Lipinski definition) is 2. The summed E-state index contributed by atoms with van der Waals surface area (Å²) in [7, 11) is -1.26. The number of carbonyl (C=O) groups excluding carboxylic acids is 3. The molecule has 1 aromatic heterocycles. The largest absolute Gasteiger partial charge is 0.442 e. The lowest BCUT2D eigenvalue weighted by Gasteiger charge is -2.26. The molecule has 1 amide bonds. The van der Waals surface area contributed by atoms with Crippen LogP contribution in [-0.2, 0) is 29.2 Å². The molecule has 0 aromatic carbocycles. The quantitative estimate of drug-likeness (QED) is 0.239. The van der Waals surface area contributed by atoms with Crippen LogP contribution in [0.15, 0.2) is 27.5 Å². The zero-order chi connectivity index (χ0) is 19.6. The van der Waals surface area contributed by atoms with Gasteiger partial charge in [0.25, 0.3) is 5.17 Å². The SMILES string of the molecule is CC(=O)NCCc1ccc(C2=CS3(OC(=O)C(=O)O3)C(/N=C/N(C)N)=N2)s1. The predicted octanol–water partition coefficient (Wildman–Crippen LogP) is 0.663. The Morgan fingerprint density at radius 1 is 1.41 bits per heavy atom. The van der Waals surface area contributed by atoms with Crippen LogP contribution in [0.4, 0.5) is 0 Å². The van der Waals surface area contributed by atoms with Crippen molar-refractivity contribution in [3.63, 3.8) is 0 Å². The molecule has 12 heteroatoms. The van der Waals surface area contributed by atoms with Crippen LogP contribution in [0.3, 0.4) is 0 Å². The summed E-state index contributed by atoms with van der Waals surface area (Å²) in [6.07, 6.45) is 1.95. The van der Waals surface area contributed by atoms with Gasteiger partial charge in [0.05, 0.1) is 10.3 Å². The Kier molecular flexibility index (Phi) is 5.30. The lowest BCUT2D eigenvalue weighted by Crippen LogP contribution is -2.24. The summed E-state index contributed by atoms with van der Waals surface area (Å²) in [6, 6.07) is 3.78. The first kappa shape index (κ1) is 19.1. The fraction of sp³-hybridized carbons (Fsp3) is 0.267. The smallest absolute Gasteiger partial charge is 0.356 e. The lowest BCUT2D eigenvalue weighted by molar-refractivity contribution is -0.150. The second-order valence-electron chi connectivity index (χ2n) is 5.59. The van der Waals surface area contributed by atoms with Gasteiger partial charge < -0.3 is 18.7 Å². The molecule has 3 N–H and O–H groups in total. The maximum absolute atomic E-state index is 11.6. The van der Waals surface area contributed by atoms with Crippen LogP contribution in [-0.4, -0.2) is 48.0 Å². The number of hydrazine groups is 1. The molecular formula is C15H17N5O5S2. The van der Waals surface area contributed by atoms with Crippen molar-refractivity contribution < 1.29 is 22.7 Å². The molecule has 0 atom stereocenters. The van der Waals surface area contributed by atoms with E-state index in [0.29, 0.717) is 18.7 Å². The molecule has 0 unspecified atom stereocenters. The van der Waals surface area contributed by atoms with E-state index in [4.69, 9.17) is 14.2 Å². The first-order valence-electron chi connectivity index (χ1n) is 7.75. The van der Waals surface area contributed by atoms with Crippen molar-refractivity contribution in [1.29, 1.82) is 0 Å². The van der Waals surface area contributed by atoms with Gasteiger partial charge in [-0.3, -0.25) is 4.79 Å². The van der Waals surface area contributed by atoms with Crippen molar-refractivity contribution in [2.24, 2.45) is 15.8 Å². The summed E-state index contributed by atoms with van der Waals surface area (Å²) in [5.41, 5.74) is 0.495. The molecule has 27 heavy (non-hydrogen) atoms. The minimum absolute atomic E-state index is 0.0715. The Labute approximate surface area is 160 Å². The Bertz CT molecular complexity index is 873. The third kappa shape index (κ3) is 4.18. The summed E-state index contributed by atoms with van der Waals surface area (Å²) in [5.74, 6) is 3.27. The Hall–Kier alpha value is -2.70. The number of amidine groups is 1. The van der Waals surface area contributed by atoms with Crippen LogP contribution in [0, 0.1) is 0 Å². The second kappa shape index (κ2) is 7.50. The molecule has 0 aliphatic carbocycles. The van der Waals surface area contributed by atoms with E-state index in [1.54, 1.807) is 7.05 Å². The standard InChI is InChI=1S/C15H17N5O5S2/c1-9(21)17-6-5-10-3-4-12(26-10)11-7-27(24-13(22)14(23)25-27)15(19-11)18-8-20(2)16/h3-4,7-8H,5-6,16H2,1-2H3,(H,17,21)/b18-8+. The molecule has 0 radical (unpaired) electrons. The molecule has 1 aromatic rings. The van der Waals surface area contributed by atoms with Crippen molar-refractivity contribution >= 4 is 57.0 Å². The van der Waals surface area contributed by atoms with E-state index in [2.05, 4.69) is 15.3 Å². The monoisotopic (exact) mass is 411 g/mol. The van der Waals surface area contributed by atoms with Crippen LogP contribution in [0.2, 0.25) is 0 Å². The fourth-order valence-electron chi connectivity index (χ4n) is 2.19. The molecule has 144 valence electrons. The first-order valence-corrected chi connectivity index (χ1v) is 10.1. The molecule has 2 aliphatic heterocycles. The number of carbonyl (C=O) groups is 3. The molecule has 0 saturated carbocycles. The number of thiophene rings is 1. The summed E-state index contributed by atoms with van der Waals surface area (Å²) in [4.78, 5) is 44.4. The number of rotatable bonds is 5. The molecule has 1 saturated heterocycles. The molecule has 0 bridgehead atoms. The highest BCUT2D eigenvalue weighted by molar-refractivity contribution is 8.41. The third-order valence-corrected chi connectivity index (χ3v) is 6.52. The Morgan fingerprint density at radius 3 is 2.74 bits per heavy atom. The highest BCUT2D eigenvalue weighted by Gasteiger charge is 2.47. The number of nitrogens with one attached hydrogen (secondary N) is 1. The summed E-state index contributed by atoms with van der Waals surface area (Å²) in [6.45, 7) is 1.99. The van der Waals surface area contributed by atoms with Gasteiger partial charge in [0.2, 0.25) is 5.91 Å². The first-order chi connectivity index (χ1) is 12.8. The van der Waals surface area contributed by atoms with Crippen LogP contribution >= 0.6 is 21.9 Å². The molecular weight excluding hydrogens is 394 g/mol. The van der Waals surface area contributed by atoms with Gasteiger partial charge in [-0.15, -0.1) is 11.3 Å². The number of hydrogen-bond acceptors (Lipinski definition) is 9. The van der Waals surface area contributed by atoms with Gasteiger partial charge in [-0.25, -0.2) is 25.4 Å². The molecule has 3 rings (SSSR count). The minimum atomic E-state index is -2.82. The highest BCUT2D eigenvalue weighted by Crippen LogP contribution is 2.62. The van der Waals surface area contributed by atoms with E-state index >= 15 is 0 Å². The van der Waals surface area contributed by atoms with Crippen molar-refractivity contribution in [3.8, 4) is 0 Å². The summed E-state index contributed by atoms with van der Waals surface area (Å²) < 4.78 is 10.3. The Balaban J connectivity index is 1.85.